The summed E-state index contributed by atoms with van der Waals surface area (Å²) in [5.74, 6) is -0.934. The van der Waals surface area contributed by atoms with E-state index in [2.05, 4.69) is 4.74 Å². The van der Waals surface area contributed by atoms with Crippen molar-refractivity contribution >= 4 is 17.7 Å². The number of hydrogen-bond acceptors (Lipinski definition) is 5. The van der Waals surface area contributed by atoms with Crippen molar-refractivity contribution < 1.29 is 23.5 Å². The molecule has 1 heterocycles. The molecule has 126 valence electrons. The van der Waals surface area contributed by atoms with Gasteiger partial charge in [0.1, 0.15) is 17.1 Å². The number of aryl methyl sites for hydroxylation is 2. The number of methoxy groups -OCH3 is 1. The van der Waals surface area contributed by atoms with Crippen LogP contribution in [0.3, 0.4) is 0 Å². The van der Waals surface area contributed by atoms with Crippen molar-refractivity contribution in [1.29, 1.82) is 0 Å². The molecule has 0 atom stereocenters. The predicted octanol–water partition coefficient (Wildman–Crippen LogP) is 2.52. The van der Waals surface area contributed by atoms with Crippen LogP contribution in [0.5, 0.6) is 0 Å². The Morgan fingerprint density at radius 2 is 1.75 bits per heavy atom. The third-order valence-electron chi connectivity index (χ3n) is 3.62. The highest BCUT2D eigenvalue weighted by Crippen LogP contribution is 2.17. The average molecular weight is 329 g/mol. The Labute approximate surface area is 140 Å². The third-order valence-corrected chi connectivity index (χ3v) is 3.62. The molecule has 6 nitrogen and oxygen atoms in total. The molecular weight excluding hydrogens is 310 g/mol. The molecule has 0 aliphatic heterocycles. The molecule has 0 spiro atoms. The topological polar surface area (TPSA) is 76.8 Å². The Morgan fingerprint density at radius 3 is 2.33 bits per heavy atom. The lowest BCUT2D eigenvalue weighted by atomic mass is 10.1. The number of rotatable bonds is 5. The predicted molar refractivity (Wildman–Crippen MR) is 86.8 cm³/mol. The molecule has 0 fully saturated rings. The van der Waals surface area contributed by atoms with Gasteiger partial charge in [0, 0.05) is 12.6 Å². The molecule has 0 unspecified atom stereocenters. The van der Waals surface area contributed by atoms with Gasteiger partial charge in [-0.2, -0.15) is 0 Å². The van der Waals surface area contributed by atoms with E-state index in [1.165, 1.54) is 25.1 Å². The second-order valence-electron chi connectivity index (χ2n) is 5.53. The minimum atomic E-state index is -0.646. The minimum Gasteiger partial charge on any atom is -0.465 e. The summed E-state index contributed by atoms with van der Waals surface area (Å²) in [6, 6.07) is 8.31. The van der Waals surface area contributed by atoms with Crippen LogP contribution in [0.15, 0.2) is 34.7 Å². The van der Waals surface area contributed by atoms with Crippen molar-refractivity contribution in [2.24, 2.45) is 0 Å². The number of amides is 1. The van der Waals surface area contributed by atoms with E-state index in [0.717, 1.165) is 5.56 Å². The van der Waals surface area contributed by atoms with Gasteiger partial charge in [-0.1, -0.05) is 29.8 Å². The fourth-order valence-electron chi connectivity index (χ4n) is 2.24. The van der Waals surface area contributed by atoms with Crippen LogP contribution < -0.4 is 0 Å². The maximum absolute atomic E-state index is 12.3. The van der Waals surface area contributed by atoms with Crippen molar-refractivity contribution in [3.8, 4) is 0 Å². The summed E-state index contributed by atoms with van der Waals surface area (Å²) in [5.41, 5.74) is 1.65. The quantitative estimate of drug-likeness (QED) is 0.478. The van der Waals surface area contributed by atoms with Gasteiger partial charge in [0.15, 0.2) is 0 Å². The van der Waals surface area contributed by atoms with Crippen LogP contribution in [-0.2, 0) is 16.1 Å². The summed E-state index contributed by atoms with van der Waals surface area (Å²) in [7, 11) is 2.79. The first-order valence-electron chi connectivity index (χ1n) is 7.37. The summed E-state index contributed by atoms with van der Waals surface area (Å²) in [6.45, 7) is 3.61. The van der Waals surface area contributed by atoms with Crippen LogP contribution in [0.2, 0.25) is 0 Å². The van der Waals surface area contributed by atoms with Gasteiger partial charge in [-0.05, 0) is 19.9 Å². The number of Topliss-reactive ketones (excluding diaryl/α,β-unsaturated/α-hetero) is 1. The minimum absolute atomic E-state index is 0.0776. The molecule has 0 saturated carbocycles. The summed E-state index contributed by atoms with van der Waals surface area (Å²) >= 11 is 0. The van der Waals surface area contributed by atoms with Gasteiger partial charge in [0.2, 0.25) is 5.78 Å². The van der Waals surface area contributed by atoms with Crippen molar-refractivity contribution in [3.05, 3.63) is 58.5 Å². The van der Waals surface area contributed by atoms with Gasteiger partial charge < -0.3 is 14.1 Å². The van der Waals surface area contributed by atoms with E-state index >= 15 is 0 Å². The van der Waals surface area contributed by atoms with E-state index in [4.69, 9.17) is 4.42 Å². The second-order valence-corrected chi connectivity index (χ2v) is 5.53. The molecule has 1 aromatic heterocycles. The summed E-state index contributed by atoms with van der Waals surface area (Å²) in [5, 5.41) is 0. The zero-order valence-corrected chi connectivity index (χ0v) is 14.1. The zero-order chi connectivity index (χ0) is 17.9. The molecule has 1 amide bonds. The summed E-state index contributed by atoms with van der Waals surface area (Å²) in [4.78, 5) is 37.3. The monoisotopic (exact) mass is 329 g/mol. The van der Waals surface area contributed by atoms with E-state index in [0.29, 0.717) is 22.6 Å². The van der Waals surface area contributed by atoms with Crippen LogP contribution in [0.25, 0.3) is 0 Å². The van der Waals surface area contributed by atoms with E-state index in [9.17, 15) is 14.4 Å². The molecule has 0 bridgehead atoms. The second kappa shape index (κ2) is 7.12. The Hall–Kier alpha value is -2.89. The number of benzene rings is 1. The first-order chi connectivity index (χ1) is 11.3. The maximum atomic E-state index is 12.3. The van der Waals surface area contributed by atoms with Gasteiger partial charge in [0.25, 0.3) is 5.91 Å². The zero-order valence-electron chi connectivity index (χ0n) is 14.1. The van der Waals surface area contributed by atoms with E-state index in [1.807, 2.05) is 6.92 Å². The molecule has 6 heteroatoms. The van der Waals surface area contributed by atoms with Crippen molar-refractivity contribution in [2.45, 2.75) is 20.4 Å². The number of likely N-dealkylation sites (N-methyl/N-ethyl adjacent to an activating group) is 1. The summed E-state index contributed by atoms with van der Waals surface area (Å²) < 4.78 is 10.1. The largest absolute Gasteiger partial charge is 0.465 e. The fourth-order valence-corrected chi connectivity index (χ4v) is 2.24. The highest BCUT2D eigenvalue weighted by molar-refractivity contribution is 6.42. The number of hydrogen-bond donors (Lipinski definition) is 0. The SMILES string of the molecule is COC(=O)c1cc(CN(C)C(=O)C(=O)c2ccc(C)cc2)oc1C. The lowest BCUT2D eigenvalue weighted by Crippen LogP contribution is -2.32. The van der Waals surface area contributed by atoms with Crippen molar-refractivity contribution in [2.75, 3.05) is 14.2 Å². The Kier molecular flexibility index (Phi) is 5.18. The lowest BCUT2D eigenvalue weighted by Gasteiger charge is -2.14. The number of esters is 1. The van der Waals surface area contributed by atoms with Gasteiger partial charge >= 0.3 is 5.97 Å². The van der Waals surface area contributed by atoms with Gasteiger partial charge in [-0.25, -0.2) is 4.79 Å². The van der Waals surface area contributed by atoms with Crippen LogP contribution in [-0.4, -0.2) is 36.7 Å². The van der Waals surface area contributed by atoms with E-state index in [-0.39, 0.29) is 6.54 Å². The Balaban J connectivity index is 2.10. The molecule has 2 aromatic rings. The van der Waals surface area contributed by atoms with Crippen molar-refractivity contribution in [1.82, 2.24) is 4.90 Å². The summed E-state index contributed by atoms with van der Waals surface area (Å²) in [6.07, 6.45) is 0. The number of furan rings is 1. The molecule has 0 radical (unpaired) electrons. The van der Waals surface area contributed by atoms with Crippen molar-refractivity contribution in [3.63, 3.8) is 0 Å². The van der Waals surface area contributed by atoms with Crippen LogP contribution in [0.1, 0.15) is 37.8 Å². The third kappa shape index (κ3) is 3.71. The average Bonchev–Trinajstić information content (AvgIpc) is 2.93. The fraction of sp³-hybridized carbons (Fsp3) is 0.278. The Bertz CT molecular complexity index is 773. The highest BCUT2D eigenvalue weighted by atomic mass is 16.5. The molecule has 0 aliphatic carbocycles. The standard InChI is InChI=1S/C18H19NO5/c1-11-5-7-13(8-6-11)16(20)17(21)19(3)10-14-9-15(12(2)24-14)18(22)23-4/h5-9H,10H2,1-4H3. The molecule has 0 saturated heterocycles. The van der Waals surface area contributed by atoms with E-state index in [1.54, 1.807) is 31.2 Å². The highest BCUT2D eigenvalue weighted by Gasteiger charge is 2.23. The van der Waals surface area contributed by atoms with Gasteiger partial charge in [0.05, 0.1) is 13.7 Å². The Morgan fingerprint density at radius 1 is 1.12 bits per heavy atom. The molecule has 1 aromatic carbocycles. The number of carbonyl (C=O) groups excluding carboxylic acids is 3. The number of ketones is 1. The van der Waals surface area contributed by atoms with Crippen LogP contribution >= 0.6 is 0 Å². The molecule has 0 N–H and O–H groups in total. The molecule has 0 aliphatic rings. The number of ether oxygens (including phenoxy) is 1. The van der Waals surface area contributed by atoms with E-state index < -0.39 is 17.7 Å². The molecule has 2 rings (SSSR count). The smallest absolute Gasteiger partial charge is 0.341 e. The molecule has 24 heavy (non-hydrogen) atoms. The van der Waals surface area contributed by atoms with Crippen LogP contribution in [0, 0.1) is 13.8 Å². The van der Waals surface area contributed by atoms with Gasteiger partial charge in [-0.15, -0.1) is 0 Å². The van der Waals surface area contributed by atoms with Gasteiger partial charge in [-0.3, -0.25) is 9.59 Å². The lowest BCUT2D eigenvalue weighted by molar-refractivity contribution is -0.125. The number of carbonyl (C=O) groups is 3. The maximum Gasteiger partial charge on any atom is 0.341 e. The first kappa shape index (κ1) is 17.5. The normalized spacial score (nSPS) is 10.3. The first-order valence-corrected chi connectivity index (χ1v) is 7.37. The molecular formula is C18H19NO5. The van der Waals surface area contributed by atoms with Crippen LogP contribution in [0.4, 0.5) is 0 Å². The number of nitrogens with zero attached hydrogens (tertiary/aromatic N) is 1.